The molecule has 2 aliphatic carbocycles. The maximum Gasteiger partial charge on any atom is 0.118 e. The van der Waals surface area contributed by atoms with E-state index in [1.807, 2.05) is 0 Å². The first-order chi connectivity index (χ1) is 8.97. The highest BCUT2D eigenvalue weighted by atomic mass is 28.3. The summed E-state index contributed by atoms with van der Waals surface area (Å²) in [5, 5.41) is 3.56. The number of hydrogen-bond acceptors (Lipinski definition) is 0. The molecule has 0 unspecified atom stereocenters. The molecule has 0 radical (unpaired) electrons. The Bertz CT molecular complexity index is 464. The van der Waals surface area contributed by atoms with Gasteiger partial charge in [0.05, 0.1) is 0 Å². The Morgan fingerprint density at radius 1 is 0.789 bits per heavy atom. The summed E-state index contributed by atoms with van der Waals surface area (Å²) < 4.78 is 0. The van der Waals surface area contributed by atoms with Crippen LogP contribution in [0, 0.1) is 0 Å². The van der Waals surface area contributed by atoms with E-state index >= 15 is 0 Å². The average molecular weight is 273 g/mol. The standard InChI is InChI=1S/C18H28Si/c1-7-19(8-2,17-13(3)9-10-14(17)4)18-15(5)11-12-16(18)6/h9,11H,7-8,10,12H2,1-6H3. The molecule has 0 aromatic carbocycles. The molecule has 0 bridgehead atoms. The third-order valence-corrected chi connectivity index (χ3v) is 11.2. The first kappa shape index (κ1) is 14.6. The second-order valence-electron chi connectivity index (χ2n) is 6.28. The van der Waals surface area contributed by atoms with Gasteiger partial charge in [0.2, 0.25) is 0 Å². The maximum absolute atomic E-state index is 2.45. The molecule has 2 aliphatic rings. The van der Waals surface area contributed by atoms with Crippen molar-refractivity contribution in [3.8, 4) is 0 Å². The molecule has 19 heavy (non-hydrogen) atoms. The molecule has 0 aromatic rings. The van der Waals surface area contributed by atoms with E-state index in [1.54, 1.807) is 32.7 Å². The van der Waals surface area contributed by atoms with Gasteiger partial charge < -0.3 is 0 Å². The monoisotopic (exact) mass is 272 g/mol. The third kappa shape index (κ3) is 2.12. The van der Waals surface area contributed by atoms with Gasteiger partial charge >= 0.3 is 0 Å². The van der Waals surface area contributed by atoms with Gasteiger partial charge in [0, 0.05) is 0 Å². The molecule has 0 spiro atoms. The van der Waals surface area contributed by atoms with E-state index in [1.165, 1.54) is 24.9 Å². The van der Waals surface area contributed by atoms with Gasteiger partial charge in [0.15, 0.2) is 0 Å². The minimum absolute atomic E-state index is 1.19. The van der Waals surface area contributed by atoms with Crippen LogP contribution in [0.2, 0.25) is 12.1 Å². The predicted octanol–water partition coefficient (Wildman–Crippen LogP) is 5.89. The van der Waals surface area contributed by atoms with Crippen molar-refractivity contribution in [3.05, 3.63) is 44.8 Å². The molecule has 0 aromatic heterocycles. The quantitative estimate of drug-likeness (QED) is 0.560. The van der Waals surface area contributed by atoms with Gasteiger partial charge in [-0.15, -0.1) is 0 Å². The zero-order valence-electron chi connectivity index (χ0n) is 13.5. The zero-order chi connectivity index (χ0) is 14.2. The van der Waals surface area contributed by atoms with E-state index in [0.29, 0.717) is 0 Å². The summed E-state index contributed by atoms with van der Waals surface area (Å²) in [4.78, 5) is 0. The normalized spacial score (nSPS) is 20.3. The molecule has 0 saturated carbocycles. The van der Waals surface area contributed by atoms with Crippen LogP contribution < -0.4 is 0 Å². The van der Waals surface area contributed by atoms with Crippen LogP contribution in [0.4, 0.5) is 0 Å². The van der Waals surface area contributed by atoms with Gasteiger partial charge in [-0.1, -0.05) is 70.8 Å². The Morgan fingerprint density at radius 3 is 1.37 bits per heavy atom. The minimum atomic E-state index is -1.51. The molecule has 104 valence electrons. The molecular weight excluding hydrogens is 244 g/mol. The van der Waals surface area contributed by atoms with Crippen LogP contribution in [0.15, 0.2) is 44.8 Å². The molecule has 2 rings (SSSR count). The highest BCUT2D eigenvalue weighted by Crippen LogP contribution is 2.46. The minimum Gasteiger partial charge on any atom is -0.0776 e. The molecule has 0 N–H and O–H groups in total. The van der Waals surface area contributed by atoms with Crippen LogP contribution >= 0.6 is 0 Å². The molecule has 0 amide bonds. The number of rotatable bonds is 4. The van der Waals surface area contributed by atoms with Crippen molar-refractivity contribution in [1.82, 2.24) is 0 Å². The molecular formula is C18H28Si. The third-order valence-electron chi connectivity index (χ3n) is 5.24. The molecule has 0 nitrogen and oxygen atoms in total. The Hall–Kier alpha value is -0.823. The van der Waals surface area contributed by atoms with Gasteiger partial charge in [-0.3, -0.25) is 0 Å². The summed E-state index contributed by atoms with van der Waals surface area (Å²) in [6, 6.07) is 2.69. The fourth-order valence-corrected chi connectivity index (χ4v) is 10.1. The summed E-state index contributed by atoms with van der Waals surface area (Å²) >= 11 is 0. The predicted molar refractivity (Wildman–Crippen MR) is 88.9 cm³/mol. The SMILES string of the molecule is CC[Si](CC)(C1=C(C)CC=C1C)C1=C(C)CC=C1C. The van der Waals surface area contributed by atoms with Gasteiger partial charge in [0.1, 0.15) is 8.07 Å². The number of hydrogen-bond donors (Lipinski definition) is 0. The van der Waals surface area contributed by atoms with Crippen LogP contribution in [-0.2, 0) is 0 Å². The second-order valence-corrected chi connectivity index (χ2v) is 10.9. The highest BCUT2D eigenvalue weighted by molar-refractivity contribution is 6.94. The van der Waals surface area contributed by atoms with Gasteiger partial charge in [-0.2, -0.15) is 0 Å². The van der Waals surface area contributed by atoms with Crippen molar-refractivity contribution in [3.63, 3.8) is 0 Å². The van der Waals surface area contributed by atoms with Crippen molar-refractivity contribution < 1.29 is 0 Å². The summed E-state index contributed by atoms with van der Waals surface area (Å²) in [5.41, 5.74) is 6.45. The highest BCUT2D eigenvalue weighted by Gasteiger charge is 2.42. The summed E-state index contributed by atoms with van der Waals surface area (Å²) in [6.45, 7) is 14.2. The van der Waals surface area contributed by atoms with E-state index in [-0.39, 0.29) is 0 Å². The van der Waals surface area contributed by atoms with E-state index in [4.69, 9.17) is 0 Å². The zero-order valence-corrected chi connectivity index (χ0v) is 14.5. The van der Waals surface area contributed by atoms with Crippen molar-refractivity contribution >= 4 is 8.07 Å². The van der Waals surface area contributed by atoms with E-state index in [2.05, 4.69) is 53.7 Å². The Kier molecular flexibility index (Phi) is 4.05. The topological polar surface area (TPSA) is 0 Å². The summed E-state index contributed by atoms with van der Waals surface area (Å²) in [7, 11) is -1.51. The first-order valence-corrected chi connectivity index (χ1v) is 10.1. The lowest BCUT2D eigenvalue weighted by Gasteiger charge is -2.36. The lowest BCUT2D eigenvalue weighted by Crippen LogP contribution is -2.40. The molecule has 0 atom stereocenters. The van der Waals surface area contributed by atoms with E-state index in [0.717, 1.165) is 0 Å². The lowest BCUT2D eigenvalue weighted by molar-refractivity contribution is 1.18. The van der Waals surface area contributed by atoms with E-state index in [9.17, 15) is 0 Å². The van der Waals surface area contributed by atoms with Gasteiger partial charge in [-0.25, -0.2) is 0 Å². The second kappa shape index (κ2) is 5.28. The van der Waals surface area contributed by atoms with Crippen LogP contribution in [0.25, 0.3) is 0 Å². The summed E-state index contributed by atoms with van der Waals surface area (Å²) in [6.07, 6.45) is 7.26. The van der Waals surface area contributed by atoms with Crippen LogP contribution in [0.1, 0.15) is 54.4 Å². The summed E-state index contributed by atoms with van der Waals surface area (Å²) in [5.74, 6) is 0. The fraction of sp³-hybridized carbons (Fsp3) is 0.556. The maximum atomic E-state index is 2.45. The van der Waals surface area contributed by atoms with Crippen molar-refractivity contribution in [2.45, 2.75) is 66.5 Å². The largest absolute Gasteiger partial charge is 0.118 e. The average Bonchev–Trinajstić information content (AvgIpc) is 2.90. The van der Waals surface area contributed by atoms with E-state index < -0.39 is 8.07 Å². The van der Waals surface area contributed by atoms with Crippen LogP contribution in [0.3, 0.4) is 0 Å². The first-order valence-electron chi connectivity index (χ1n) is 7.72. The Morgan fingerprint density at radius 2 is 1.16 bits per heavy atom. The lowest BCUT2D eigenvalue weighted by atomic mass is 10.2. The number of allylic oxidation sites excluding steroid dienone is 8. The molecule has 1 heteroatoms. The van der Waals surface area contributed by atoms with Crippen LogP contribution in [-0.4, -0.2) is 8.07 Å². The van der Waals surface area contributed by atoms with Gasteiger partial charge in [0.25, 0.3) is 0 Å². The smallest absolute Gasteiger partial charge is 0.0776 e. The van der Waals surface area contributed by atoms with Crippen molar-refractivity contribution in [2.24, 2.45) is 0 Å². The Labute approximate surface area is 120 Å². The Balaban J connectivity index is 2.64. The van der Waals surface area contributed by atoms with Crippen molar-refractivity contribution in [2.75, 3.05) is 0 Å². The van der Waals surface area contributed by atoms with Gasteiger partial charge in [-0.05, 0) is 40.5 Å². The molecule has 0 saturated heterocycles. The van der Waals surface area contributed by atoms with Crippen molar-refractivity contribution in [1.29, 1.82) is 0 Å². The fourth-order valence-electron chi connectivity index (χ4n) is 4.35. The molecule has 0 heterocycles. The molecule has 0 fully saturated rings. The van der Waals surface area contributed by atoms with Crippen LogP contribution in [0.5, 0.6) is 0 Å². The molecule has 0 aliphatic heterocycles.